The number of hydrogen-bond acceptors (Lipinski definition) is 5. The predicted molar refractivity (Wildman–Crippen MR) is 103 cm³/mol. The average Bonchev–Trinajstić information content (AvgIpc) is 3.08. The van der Waals surface area contributed by atoms with Crippen molar-refractivity contribution < 1.29 is 9.84 Å². The number of morpholine rings is 1. The third-order valence-corrected chi connectivity index (χ3v) is 5.07. The topological polar surface area (TPSA) is 57.1 Å². The predicted octanol–water partition coefficient (Wildman–Crippen LogP) is 2.42. The second-order valence-corrected chi connectivity index (χ2v) is 7.83. The van der Waals surface area contributed by atoms with Crippen molar-refractivity contribution in [1.29, 1.82) is 0 Å². The number of nitrogens with one attached hydrogen (secondary N) is 1. The summed E-state index contributed by atoms with van der Waals surface area (Å²) >= 11 is 0. The van der Waals surface area contributed by atoms with Gasteiger partial charge in [0.05, 0.1) is 30.6 Å². The van der Waals surface area contributed by atoms with Crippen molar-refractivity contribution in [2.75, 3.05) is 32.8 Å². The molecule has 5 heteroatoms. The molecule has 1 aromatic rings. The van der Waals surface area contributed by atoms with E-state index in [4.69, 9.17) is 9.73 Å². The third kappa shape index (κ3) is 3.61. The zero-order valence-corrected chi connectivity index (χ0v) is 15.5. The number of nitrogens with zero attached hydrogens (tertiary/aromatic N) is 2. The Labute approximate surface area is 155 Å². The van der Waals surface area contributed by atoms with Crippen LogP contribution in [0, 0.1) is 0 Å². The number of rotatable bonds is 4. The van der Waals surface area contributed by atoms with Crippen LogP contribution in [0.5, 0.6) is 0 Å². The molecule has 3 aliphatic rings. The smallest absolute Gasteiger partial charge is 0.129 e. The highest BCUT2D eigenvalue weighted by atomic mass is 16.5. The number of benzene rings is 1. The molecule has 1 saturated heterocycles. The first-order valence-electron chi connectivity index (χ1n) is 9.37. The minimum Gasteiger partial charge on any atom is -0.390 e. The number of fused-ring (bicyclic) bond motifs is 1. The van der Waals surface area contributed by atoms with E-state index < -0.39 is 5.60 Å². The average molecular weight is 353 g/mol. The minimum atomic E-state index is -0.732. The van der Waals surface area contributed by atoms with Crippen molar-refractivity contribution in [3.63, 3.8) is 0 Å². The lowest BCUT2D eigenvalue weighted by atomic mass is 9.86. The van der Waals surface area contributed by atoms with Gasteiger partial charge in [0.1, 0.15) is 5.82 Å². The van der Waals surface area contributed by atoms with E-state index in [0.29, 0.717) is 6.42 Å². The fourth-order valence-electron chi connectivity index (χ4n) is 3.89. The summed E-state index contributed by atoms with van der Waals surface area (Å²) in [6, 6.07) is 10.6. The first kappa shape index (κ1) is 17.5. The van der Waals surface area contributed by atoms with Crippen LogP contribution in [0.25, 0.3) is 0 Å². The van der Waals surface area contributed by atoms with E-state index in [1.165, 1.54) is 16.7 Å². The van der Waals surface area contributed by atoms with E-state index in [9.17, 15) is 5.11 Å². The molecule has 5 nitrogen and oxygen atoms in total. The summed E-state index contributed by atoms with van der Waals surface area (Å²) in [4.78, 5) is 7.32. The normalized spacial score (nSPS) is 23.7. The van der Waals surface area contributed by atoms with Crippen LogP contribution in [0.4, 0.5) is 0 Å². The van der Waals surface area contributed by atoms with Gasteiger partial charge in [-0.15, -0.1) is 0 Å². The molecule has 0 radical (unpaired) electrons. The standard InChI is InChI=1S/C21H27N3O2/c1-21(2,25)13-16-14-22-19(15-6-4-3-5-7-15)20-17(16)12-18(23-20)24-8-10-26-11-9-24/h3-7,12,19,22,25H,8-11,13-14H2,1-2H3. The number of aliphatic imine (C=N–C) groups is 1. The van der Waals surface area contributed by atoms with E-state index >= 15 is 0 Å². The number of ether oxygens (including phenoxy) is 1. The number of hydrogen-bond donors (Lipinski definition) is 2. The summed E-state index contributed by atoms with van der Waals surface area (Å²) in [5.41, 5.74) is 3.99. The Hall–Kier alpha value is -1.95. The van der Waals surface area contributed by atoms with Gasteiger partial charge in [0.2, 0.25) is 0 Å². The molecule has 0 bridgehead atoms. The van der Waals surface area contributed by atoms with Gasteiger partial charge in [0.25, 0.3) is 0 Å². The monoisotopic (exact) mass is 353 g/mol. The Balaban J connectivity index is 1.71. The van der Waals surface area contributed by atoms with Crippen molar-refractivity contribution in [2.24, 2.45) is 4.99 Å². The summed E-state index contributed by atoms with van der Waals surface area (Å²) < 4.78 is 5.48. The molecule has 26 heavy (non-hydrogen) atoms. The molecule has 1 fully saturated rings. The SMILES string of the molecule is CC(C)(O)CC1=C2C=C(N3CCOCC3)N=C2C(c2ccccc2)NC1. The fourth-order valence-corrected chi connectivity index (χ4v) is 3.89. The van der Waals surface area contributed by atoms with Gasteiger partial charge in [-0.05, 0) is 37.5 Å². The maximum atomic E-state index is 10.3. The van der Waals surface area contributed by atoms with E-state index in [1.54, 1.807) is 0 Å². The van der Waals surface area contributed by atoms with Gasteiger partial charge in [-0.25, -0.2) is 4.99 Å². The van der Waals surface area contributed by atoms with Crippen LogP contribution in [-0.4, -0.2) is 54.2 Å². The quantitative estimate of drug-likeness (QED) is 0.873. The lowest BCUT2D eigenvalue weighted by Crippen LogP contribution is -2.37. The Kier molecular flexibility index (Phi) is 4.69. The minimum absolute atomic E-state index is 0.0894. The molecule has 3 heterocycles. The van der Waals surface area contributed by atoms with E-state index in [-0.39, 0.29) is 6.04 Å². The van der Waals surface area contributed by atoms with Crippen LogP contribution in [0.15, 0.2) is 58.4 Å². The highest BCUT2D eigenvalue weighted by Gasteiger charge is 2.33. The molecule has 138 valence electrons. The summed E-state index contributed by atoms with van der Waals surface area (Å²) in [6.07, 6.45) is 2.85. The Morgan fingerprint density at radius 2 is 1.96 bits per heavy atom. The molecule has 1 aromatic carbocycles. The van der Waals surface area contributed by atoms with Gasteiger partial charge in [0, 0.05) is 25.2 Å². The molecular formula is C21H27N3O2. The van der Waals surface area contributed by atoms with E-state index in [0.717, 1.165) is 44.4 Å². The summed E-state index contributed by atoms with van der Waals surface area (Å²) in [5.74, 6) is 1.02. The van der Waals surface area contributed by atoms with Crippen molar-refractivity contribution in [3.05, 3.63) is 58.9 Å². The second-order valence-electron chi connectivity index (χ2n) is 7.83. The summed E-state index contributed by atoms with van der Waals surface area (Å²) in [7, 11) is 0. The van der Waals surface area contributed by atoms with Gasteiger partial charge < -0.3 is 20.1 Å². The molecular weight excluding hydrogens is 326 g/mol. The zero-order chi connectivity index (χ0) is 18.1. The van der Waals surface area contributed by atoms with Crippen molar-refractivity contribution >= 4 is 5.71 Å². The second kappa shape index (κ2) is 6.99. The third-order valence-electron chi connectivity index (χ3n) is 5.07. The molecule has 3 aliphatic heterocycles. The number of aliphatic hydroxyl groups is 1. The molecule has 1 unspecified atom stereocenters. The molecule has 0 amide bonds. The Morgan fingerprint density at radius 1 is 1.23 bits per heavy atom. The molecule has 0 spiro atoms. The maximum absolute atomic E-state index is 10.3. The Bertz CT molecular complexity index is 753. The maximum Gasteiger partial charge on any atom is 0.129 e. The first-order valence-corrected chi connectivity index (χ1v) is 9.37. The van der Waals surface area contributed by atoms with Crippen LogP contribution in [-0.2, 0) is 4.74 Å². The van der Waals surface area contributed by atoms with E-state index in [2.05, 4.69) is 40.6 Å². The van der Waals surface area contributed by atoms with Crippen molar-refractivity contribution in [3.8, 4) is 0 Å². The van der Waals surface area contributed by atoms with Crippen molar-refractivity contribution in [1.82, 2.24) is 10.2 Å². The van der Waals surface area contributed by atoms with Crippen LogP contribution >= 0.6 is 0 Å². The van der Waals surface area contributed by atoms with Gasteiger partial charge in [0.15, 0.2) is 0 Å². The van der Waals surface area contributed by atoms with Gasteiger partial charge >= 0.3 is 0 Å². The molecule has 4 rings (SSSR count). The van der Waals surface area contributed by atoms with Gasteiger partial charge in [-0.2, -0.15) is 0 Å². The molecule has 1 atom stereocenters. The molecule has 0 aliphatic carbocycles. The van der Waals surface area contributed by atoms with Crippen LogP contribution in [0.2, 0.25) is 0 Å². The van der Waals surface area contributed by atoms with E-state index in [1.807, 2.05) is 19.9 Å². The Morgan fingerprint density at radius 3 is 2.65 bits per heavy atom. The van der Waals surface area contributed by atoms with Crippen LogP contribution < -0.4 is 5.32 Å². The summed E-state index contributed by atoms with van der Waals surface area (Å²) in [5, 5.41) is 14.0. The van der Waals surface area contributed by atoms with Crippen LogP contribution in [0.1, 0.15) is 31.9 Å². The molecule has 0 saturated carbocycles. The van der Waals surface area contributed by atoms with Crippen molar-refractivity contribution in [2.45, 2.75) is 31.9 Å². The summed E-state index contributed by atoms with van der Waals surface area (Å²) in [6.45, 7) is 7.74. The number of allylic oxidation sites excluding steroid dienone is 1. The zero-order valence-electron chi connectivity index (χ0n) is 15.5. The lowest BCUT2D eigenvalue weighted by Gasteiger charge is -2.30. The van der Waals surface area contributed by atoms with Gasteiger partial charge in [-0.1, -0.05) is 30.3 Å². The van der Waals surface area contributed by atoms with Crippen LogP contribution in [0.3, 0.4) is 0 Å². The molecule has 0 aromatic heterocycles. The highest BCUT2D eigenvalue weighted by Crippen LogP contribution is 2.35. The first-order chi connectivity index (χ1) is 12.5. The van der Waals surface area contributed by atoms with Gasteiger partial charge in [-0.3, -0.25) is 0 Å². The molecule has 2 N–H and O–H groups in total. The lowest BCUT2D eigenvalue weighted by molar-refractivity contribution is 0.0533. The largest absolute Gasteiger partial charge is 0.390 e. The fraction of sp³-hybridized carbons (Fsp3) is 0.476. The highest BCUT2D eigenvalue weighted by molar-refractivity contribution is 6.10.